The second-order valence-electron chi connectivity index (χ2n) is 7.45. The molecule has 1 aliphatic heterocycles. The van der Waals surface area contributed by atoms with Gasteiger partial charge >= 0.3 is 0 Å². The Hall–Kier alpha value is -2.86. The summed E-state index contributed by atoms with van der Waals surface area (Å²) in [5.74, 6) is 0.707. The third kappa shape index (κ3) is 6.32. The van der Waals surface area contributed by atoms with Gasteiger partial charge in [0.1, 0.15) is 5.75 Å². The Kier molecular flexibility index (Phi) is 7.25. The lowest BCUT2D eigenvalue weighted by molar-refractivity contribution is -0.135. The molecule has 3 rings (SSSR count). The first-order valence-corrected chi connectivity index (χ1v) is 10.0. The van der Waals surface area contributed by atoms with Crippen LogP contribution in [-0.2, 0) is 16.1 Å². The molecule has 0 bridgehead atoms. The van der Waals surface area contributed by atoms with Crippen molar-refractivity contribution in [1.29, 1.82) is 0 Å². The molecule has 2 aromatic rings. The fourth-order valence-corrected chi connectivity index (χ4v) is 3.25. The molecule has 29 heavy (non-hydrogen) atoms. The highest BCUT2D eigenvalue weighted by Crippen LogP contribution is 2.16. The number of carbonyl (C=O) groups excluding carboxylic acids is 2. The minimum absolute atomic E-state index is 0.00621. The van der Waals surface area contributed by atoms with Gasteiger partial charge in [0.05, 0.1) is 6.54 Å². The molecule has 1 N–H and O–H groups in total. The quantitative estimate of drug-likeness (QED) is 0.780. The molecule has 0 aliphatic carbocycles. The van der Waals surface area contributed by atoms with Gasteiger partial charge in [-0.05, 0) is 42.7 Å². The largest absolute Gasteiger partial charge is 0.484 e. The number of rotatable bonds is 7. The van der Waals surface area contributed by atoms with Crippen molar-refractivity contribution in [3.8, 4) is 5.75 Å². The molecule has 154 valence electrons. The first-order valence-electron chi connectivity index (χ1n) is 10.0. The molecule has 0 saturated carbocycles. The average Bonchev–Trinajstić information content (AvgIpc) is 2.74. The van der Waals surface area contributed by atoms with Gasteiger partial charge in [0, 0.05) is 32.7 Å². The van der Waals surface area contributed by atoms with Crippen molar-refractivity contribution < 1.29 is 14.3 Å². The molecule has 0 radical (unpaired) electrons. The van der Waals surface area contributed by atoms with Crippen molar-refractivity contribution in [2.24, 2.45) is 0 Å². The molecule has 2 aromatic carbocycles. The summed E-state index contributed by atoms with van der Waals surface area (Å²) in [6.45, 7) is 7.61. The summed E-state index contributed by atoms with van der Waals surface area (Å²) < 4.78 is 5.65. The number of aryl methyl sites for hydroxylation is 2. The van der Waals surface area contributed by atoms with Gasteiger partial charge in [-0.25, -0.2) is 0 Å². The fraction of sp³-hybridized carbons (Fsp3) is 0.391. The molecule has 1 heterocycles. The summed E-state index contributed by atoms with van der Waals surface area (Å²) in [5.41, 5.74) is 3.43. The lowest BCUT2D eigenvalue weighted by Gasteiger charge is -2.34. The topological polar surface area (TPSA) is 61.9 Å². The molecule has 0 atom stereocenters. The predicted molar refractivity (Wildman–Crippen MR) is 113 cm³/mol. The number of nitrogens with zero attached hydrogens (tertiary/aromatic N) is 2. The third-order valence-electron chi connectivity index (χ3n) is 5.27. The van der Waals surface area contributed by atoms with E-state index in [4.69, 9.17) is 4.74 Å². The fourth-order valence-electron chi connectivity index (χ4n) is 3.25. The Morgan fingerprint density at radius 1 is 0.966 bits per heavy atom. The van der Waals surface area contributed by atoms with Crippen LogP contribution in [0, 0.1) is 13.8 Å². The van der Waals surface area contributed by atoms with Crippen molar-refractivity contribution in [2.45, 2.75) is 20.4 Å². The zero-order valence-corrected chi connectivity index (χ0v) is 17.2. The van der Waals surface area contributed by atoms with Crippen LogP contribution in [0.5, 0.6) is 5.75 Å². The number of benzene rings is 2. The van der Waals surface area contributed by atoms with Crippen LogP contribution in [0.4, 0.5) is 0 Å². The third-order valence-corrected chi connectivity index (χ3v) is 5.27. The lowest BCUT2D eigenvalue weighted by atomic mass is 10.1. The Balaban J connectivity index is 1.36. The van der Waals surface area contributed by atoms with Crippen LogP contribution in [0.1, 0.15) is 16.7 Å². The summed E-state index contributed by atoms with van der Waals surface area (Å²) in [4.78, 5) is 28.5. The first kappa shape index (κ1) is 20.9. The van der Waals surface area contributed by atoms with Gasteiger partial charge in [-0.15, -0.1) is 0 Å². The van der Waals surface area contributed by atoms with E-state index in [9.17, 15) is 9.59 Å². The summed E-state index contributed by atoms with van der Waals surface area (Å²) >= 11 is 0. The summed E-state index contributed by atoms with van der Waals surface area (Å²) in [7, 11) is 0. The highest BCUT2D eigenvalue weighted by molar-refractivity contribution is 5.79. The van der Waals surface area contributed by atoms with Crippen LogP contribution in [-0.4, -0.2) is 60.9 Å². The second-order valence-corrected chi connectivity index (χ2v) is 7.45. The van der Waals surface area contributed by atoms with Crippen molar-refractivity contribution in [3.63, 3.8) is 0 Å². The summed E-state index contributed by atoms with van der Waals surface area (Å²) in [6.07, 6.45) is 0. The average molecular weight is 396 g/mol. The van der Waals surface area contributed by atoms with E-state index in [1.165, 1.54) is 5.56 Å². The maximum Gasteiger partial charge on any atom is 0.260 e. The molecular weight excluding hydrogens is 366 g/mol. The molecule has 2 amide bonds. The van der Waals surface area contributed by atoms with Gasteiger partial charge < -0.3 is 15.0 Å². The van der Waals surface area contributed by atoms with Gasteiger partial charge in [-0.1, -0.05) is 36.4 Å². The minimum Gasteiger partial charge on any atom is -0.484 e. The van der Waals surface area contributed by atoms with Crippen molar-refractivity contribution >= 4 is 11.8 Å². The number of carbonyl (C=O) groups is 2. The van der Waals surface area contributed by atoms with Gasteiger partial charge in [-0.3, -0.25) is 14.5 Å². The van der Waals surface area contributed by atoms with Crippen molar-refractivity contribution in [3.05, 3.63) is 65.2 Å². The van der Waals surface area contributed by atoms with E-state index in [2.05, 4.69) is 10.2 Å². The maximum atomic E-state index is 12.4. The molecule has 0 aromatic heterocycles. The molecule has 1 fully saturated rings. The highest BCUT2D eigenvalue weighted by atomic mass is 16.5. The van der Waals surface area contributed by atoms with E-state index in [1.807, 2.05) is 62.4 Å². The zero-order valence-electron chi connectivity index (χ0n) is 17.2. The number of ether oxygens (including phenoxy) is 1. The molecule has 6 nitrogen and oxygen atoms in total. The maximum absolute atomic E-state index is 12.4. The van der Waals surface area contributed by atoms with Gasteiger partial charge in [-0.2, -0.15) is 0 Å². The normalized spacial score (nSPS) is 14.5. The van der Waals surface area contributed by atoms with E-state index in [1.54, 1.807) is 4.90 Å². The van der Waals surface area contributed by atoms with Gasteiger partial charge in [0.25, 0.3) is 5.91 Å². The molecule has 0 unspecified atom stereocenters. The number of piperazine rings is 1. The van der Waals surface area contributed by atoms with Crippen LogP contribution in [0.3, 0.4) is 0 Å². The molecule has 1 aliphatic rings. The lowest BCUT2D eigenvalue weighted by Crippen LogP contribution is -2.52. The SMILES string of the molecule is Cc1ccc(OCC(=O)N2CCN(CC(=O)NCc3ccccc3)CC2)cc1C. The Morgan fingerprint density at radius 3 is 2.38 bits per heavy atom. The molecule has 0 spiro atoms. The van der Waals surface area contributed by atoms with Crippen LogP contribution < -0.4 is 10.1 Å². The van der Waals surface area contributed by atoms with E-state index >= 15 is 0 Å². The number of hydrogen-bond acceptors (Lipinski definition) is 4. The zero-order chi connectivity index (χ0) is 20.6. The first-order chi connectivity index (χ1) is 14.0. The standard InChI is InChI=1S/C23H29N3O3/c1-18-8-9-21(14-19(18)2)29-17-23(28)26-12-10-25(11-13-26)16-22(27)24-15-20-6-4-3-5-7-20/h3-9,14H,10-13,15-17H2,1-2H3,(H,24,27). The Bertz CT molecular complexity index is 831. The monoisotopic (exact) mass is 395 g/mol. The number of amides is 2. The number of hydrogen-bond donors (Lipinski definition) is 1. The van der Waals surface area contributed by atoms with E-state index in [-0.39, 0.29) is 18.4 Å². The highest BCUT2D eigenvalue weighted by Gasteiger charge is 2.22. The van der Waals surface area contributed by atoms with Crippen molar-refractivity contribution in [1.82, 2.24) is 15.1 Å². The molecule has 6 heteroatoms. The van der Waals surface area contributed by atoms with Gasteiger partial charge in [0.15, 0.2) is 6.61 Å². The molecule has 1 saturated heterocycles. The van der Waals surface area contributed by atoms with Crippen molar-refractivity contribution in [2.75, 3.05) is 39.3 Å². The van der Waals surface area contributed by atoms with Crippen LogP contribution >= 0.6 is 0 Å². The predicted octanol–water partition coefficient (Wildman–Crippen LogP) is 2.14. The summed E-state index contributed by atoms with van der Waals surface area (Å²) in [6, 6.07) is 15.7. The minimum atomic E-state index is -0.0172. The van der Waals surface area contributed by atoms with Crippen LogP contribution in [0.15, 0.2) is 48.5 Å². The van der Waals surface area contributed by atoms with E-state index < -0.39 is 0 Å². The smallest absolute Gasteiger partial charge is 0.260 e. The van der Waals surface area contributed by atoms with Crippen LogP contribution in [0.2, 0.25) is 0 Å². The Morgan fingerprint density at radius 2 is 1.69 bits per heavy atom. The number of nitrogens with one attached hydrogen (secondary N) is 1. The van der Waals surface area contributed by atoms with E-state index in [0.29, 0.717) is 39.3 Å². The van der Waals surface area contributed by atoms with Crippen LogP contribution in [0.25, 0.3) is 0 Å². The summed E-state index contributed by atoms with van der Waals surface area (Å²) in [5, 5.41) is 2.95. The second kappa shape index (κ2) is 10.1. The molecular formula is C23H29N3O3. The van der Waals surface area contributed by atoms with E-state index in [0.717, 1.165) is 16.9 Å². The Labute approximate surface area is 172 Å². The van der Waals surface area contributed by atoms with Gasteiger partial charge in [0.2, 0.25) is 5.91 Å².